The van der Waals surface area contributed by atoms with Crippen LogP contribution in [0.3, 0.4) is 0 Å². The van der Waals surface area contributed by atoms with Gasteiger partial charge in [-0.25, -0.2) is 0 Å². The molecule has 1 fully saturated rings. The Morgan fingerprint density at radius 3 is 2.61 bits per heavy atom. The third-order valence-electron chi connectivity index (χ3n) is 2.76. The van der Waals surface area contributed by atoms with E-state index in [1.807, 2.05) is 6.92 Å². The number of aliphatic hydroxyl groups excluding tert-OH is 3. The molecule has 1 heterocycles. The number of rotatable bonds is 5. The molecule has 0 spiro atoms. The van der Waals surface area contributed by atoms with Gasteiger partial charge in [-0.1, -0.05) is 6.92 Å². The fraction of sp³-hybridized carbons (Fsp3) is 0.909. The third kappa shape index (κ3) is 3.63. The van der Waals surface area contributed by atoms with Crippen LogP contribution in [0.1, 0.15) is 20.3 Å². The number of hydrogen-bond acceptors (Lipinski definition) is 6. The summed E-state index contributed by atoms with van der Waals surface area (Å²) in [6.45, 7) is 3.15. The normalized spacial score (nSPS) is 36.4. The number of aliphatic hydroxyl groups is 3. The van der Waals surface area contributed by atoms with Gasteiger partial charge in [0.1, 0.15) is 24.4 Å². The Labute approximate surface area is 106 Å². The van der Waals surface area contributed by atoms with Crippen LogP contribution in [0.2, 0.25) is 0 Å². The van der Waals surface area contributed by atoms with E-state index in [9.17, 15) is 15.0 Å². The highest BCUT2D eigenvalue weighted by atomic mass is 16.6. The molecule has 0 aromatic heterocycles. The molecule has 7 heteroatoms. The fourth-order valence-corrected chi connectivity index (χ4v) is 1.93. The van der Waals surface area contributed by atoms with E-state index in [1.54, 1.807) is 0 Å². The summed E-state index contributed by atoms with van der Waals surface area (Å²) in [5.41, 5.74) is 0. The quantitative estimate of drug-likeness (QED) is 0.473. The predicted molar refractivity (Wildman–Crippen MR) is 61.6 cm³/mol. The summed E-state index contributed by atoms with van der Waals surface area (Å²) in [5.74, 6) is -0.359. The monoisotopic (exact) mass is 263 g/mol. The fourth-order valence-electron chi connectivity index (χ4n) is 1.93. The molecule has 5 atom stereocenters. The van der Waals surface area contributed by atoms with Crippen molar-refractivity contribution in [1.82, 2.24) is 5.32 Å². The third-order valence-corrected chi connectivity index (χ3v) is 2.76. The van der Waals surface area contributed by atoms with Crippen LogP contribution >= 0.6 is 0 Å². The molecule has 0 aromatic rings. The zero-order valence-corrected chi connectivity index (χ0v) is 10.6. The molecule has 0 aliphatic carbocycles. The lowest BCUT2D eigenvalue weighted by molar-refractivity contribution is -0.261. The number of amides is 1. The second-order valence-corrected chi connectivity index (χ2v) is 4.30. The lowest BCUT2D eigenvalue weighted by Crippen LogP contribution is -2.64. The number of carbonyl (C=O) groups is 1. The van der Waals surface area contributed by atoms with Crippen LogP contribution in [0.25, 0.3) is 0 Å². The van der Waals surface area contributed by atoms with Crippen molar-refractivity contribution in [3.05, 3.63) is 0 Å². The summed E-state index contributed by atoms with van der Waals surface area (Å²) in [5, 5.41) is 31.3. The van der Waals surface area contributed by atoms with Gasteiger partial charge in [0.25, 0.3) is 0 Å². The highest BCUT2D eigenvalue weighted by Crippen LogP contribution is 2.22. The minimum atomic E-state index is -1.32. The molecule has 1 saturated heterocycles. The van der Waals surface area contributed by atoms with E-state index in [-0.39, 0.29) is 5.91 Å². The maximum absolute atomic E-state index is 11.1. The smallest absolute Gasteiger partial charge is 0.217 e. The molecule has 2 unspecified atom stereocenters. The minimum absolute atomic E-state index is 0.359. The van der Waals surface area contributed by atoms with Gasteiger partial charge in [0, 0.05) is 13.5 Å². The zero-order chi connectivity index (χ0) is 13.7. The first-order valence-electron chi connectivity index (χ1n) is 6.02. The van der Waals surface area contributed by atoms with Crippen LogP contribution in [-0.2, 0) is 14.3 Å². The number of nitrogens with one attached hydrogen (secondary N) is 1. The standard InChI is InChI=1S/C11H21NO6/c1-3-4-17-10-8(12-6(2)14)11(16)18-7(5-13)9(10)15/h7-11,13,15-16H,3-5H2,1-2H3,(H,12,14)/t7?,8-,9+,10?,11+/m1/s1. The average molecular weight is 263 g/mol. The van der Waals surface area contributed by atoms with Crippen molar-refractivity contribution in [3.63, 3.8) is 0 Å². The highest BCUT2D eigenvalue weighted by Gasteiger charge is 2.45. The number of hydrogen-bond donors (Lipinski definition) is 4. The van der Waals surface area contributed by atoms with E-state index in [1.165, 1.54) is 6.92 Å². The first-order chi connectivity index (χ1) is 8.51. The first-order valence-corrected chi connectivity index (χ1v) is 6.02. The molecule has 0 saturated carbocycles. The van der Waals surface area contributed by atoms with Crippen LogP contribution in [0.5, 0.6) is 0 Å². The van der Waals surface area contributed by atoms with Gasteiger partial charge in [-0.2, -0.15) is 0 Å². The van der Waals surface area contributed by atoms with Crippen molar-refractivity contribution >= 4 is 5.91 Å². The van der Waals surface area contributed by atoms with E-state index < -0.39 is 37.3 Å². The van der Waals surface area contributed by atoms with Gasteiger partial charge in [-0.05, 0) is 6.42 Å². The number of carbonyl (C=O) groups excluding carboxylic acids is 1. The molecule has 7 nitrogen and oxygen atoms in total. The molecule has 18 heavy (non-hydrogen) atoms. The average Bonchev–Trinajstić information content (AvgIpc) is 2.32. The minimum Gasteiger partial charge on any atom is -0.394 e. The van der Waals surface area contributed by atoms with Gasteiger partial charge in [0.2, 0.25) is 5.91 Å². The van der Waals surface area contributed by atoms with Crippen molar-refractivity contribution in [2.45, 2.75) is 50.9 Å². The highest BCUT2D eigenvalue weighted by molar-refractivity contribution is 5.73. The van der Waals surface area contributed by atoms with E-state index >= 15 is 0 Å². The van der Waals surface area contributed by atoms with Crippen LogP contribution < -0.4 is 5.32 Å². The maximum Gasteiger partial charge on any atom is 0.217 e. The molecule has 106 valence electrons. The Hall–Kier alpha value is -0.730. The van der Waals surface area contributed by atoms with Gasteiger partial charge in [-0.3, -0.25) is 4.79 Å². The molecule has 1 aliphatic rings. The van der Waals surface area contributed by atoms with Crippen molar-refractivity contribution in [1.29, 1.82) is 0 Å². The molecular weight excluding hydrogens is 242 g/mol. The van der Waals surface area contributed by atoms with E-state index in [0.29, 0.717) is 6.61 Å². The SMILES string of the molecule is CCCOC1[C@@H](O)C(CO)O[C@H](O)[C@@H]1NC(C)=O. The van der Waals surface area contributed by atoms with E-state index in [4.69, 9.17) is 14.6 Å². The molecule has 1 amide bonds. The predicted octanol–water partition coefficient (Wildman–Crippen LogP) is -1.64. The van der Waals surface area contributed by atoms with Crippen molar-refractivity contribution < 1.29 is 29.6 Å². The van der Waals surface area contributed by atoms with Gasteiger partial charge in [0.15, 0.2) is 6.29 Å². The Balaban J connectivity index is 2.79. The van der Waals surface area contributed by atoms with Gasteiger partial charge in [-0.15, -0.1) is 0 Å². The lowest BCUT2D eigenvalue weighted by atomic mass is 9.96. The summed E-state index contributed by atoms with van der Waals surface area (Å²) in [6, 6.07) is -0.855. The van der Waals surface area contributed by atoms with Crippen LogP contribution in [-0.4, -0.2) is 65.1 Å². The van der Waals surface area contributed by atoms with Gasteiger partial charge >= 0.3 is 0 Å². The van der Waals surface area contributed by atoms with Crippen LogP contribution in [0.15, 0.2) is 0 Å². The summed E-state index contributed by atoms with van der Waals surface area (Å²) >= 11 is 0. The summed E-state index contributed by atoms with van der Waals surface area (Å²) in [4.78, 5) is 11.1. The molecule has 0 bridgehead atoms. The second-order valence-electron chi connectivity index (χ2n) is 4.30. The molecule has 0 aromatic carbocycles. The molecule has 1 aliphatic heterocycles. The topological polar surface area (TPSA) is 108 Å². The second kappa shape index (κ2) is 7.01. The Morgan fingerprint density at radius 1 is 1.44 bits per heavy atom. The Morgan fingerprint density at radius 2 is 2.11 bits per heavy atom. The molecule has 1 rings (SSSR count). The number of ether oxygens (including phenoxy) is 2. The van der Waals surface area contributed by atoms with Crippen molar-refractivity contribution in [3.8, 4) is 0 Å². The van der Waals surface area contributed by atoms with Crippen molar-refractivity contribution in [2.24, 2.45) is 0 Å². The van der Waals surface area contributed by atoms with Gasteiger partial charge < -0.3 is 30.1 Å². The zero-order valence-electron chi connectivity index (χ0n) is 10.6. The largest absolute Gasteiger partial charge is 0.394 e. The molecule has 4 N–H and O–H groups in total. The molecular formula is C11H21NO6. The van der Waals surface area contributed by atoms with Crippen molar-refractivity contribution in [2.75, 3.05) is 13.2 Å². The Bertz CT molecular complexity index is 274. The van der Waals surface area contributed by atoms with E-state index in [0.717, 1.165) is 6.42 Å². The van der Waals surface area contributed by atoms with Crippen LogP contribution in [0.4, 0.5) is 0 Å². The lowest BCUT2D eigenvalue weighted by Gasteiger charge is -2.42. The summed E-state index contributed by atoms with van der Waals surface area (Å²) in [6.07, 6.45) is -3.43. The van der Waals surface area contributed by atoms with E-state index in [2.05, 4.69) is 5.32 Å². The summed E-state index contributed by atoms with van der Waals surface area (Å²) in [7, 11) is 0. The Kier molecular flexibility index (Phi) is 5.97. The van der Waals surface area contributed by atoms with Crippen LogP contribution in [0, 0.1) is 0 Å². The molecule has 0 radical (unpaired) electrons. The maximum atomic E-state index is 11.1. The summed E-state index contributed by atoms with van der Waals surface area (Å²) < 4.78 is 10.5. The first kappa shape index (κ1) is 15.3. The van der Waals surface area contributed by atoms with Gasteiger partial charge in [0.05, 0.1) is 6.61 Å².